The van der Waals surface area contributed by atoms with Crippen LogP contribution in [0.4, 0.5) is 9.18 Å². The van der Waals surface area contributed by atoms with Gasteiger partial charge in [0.1, 0.15) is 23.8 Å². The van der Waals surface area contributed by atoms with E-state index in [0.717, 1.165) is 12.0 Å². The van der Waals surface area contributed by atoms with Crippen LogP contribution in [0.2, 0.25) is 0 Å². The average Bonchev–Trinajstić information content (AvgIpc) is 2.51. The van der Waals surface area contributed by atoms with Crippen molar-refractivity contribution in [1.82, 2.24) is 4.90 Å². The lowest BCUT2D eigenvalue weighted by atomic mass is 10.1. The van der Waals surface area contributed by atoms with E-state index in [0.29, 0.717) is 25.5 Å². The summed E-state index contributed by atoms with van der Waals surface area (Å²) in [5.41, 5.74) is 0.371. The largest absolute Gasteiger partial charge is 0.491 e. The van der Waals surface area contributed by atoms with Crippen LogP contribution in [0.15, 0.2) is 18.2 Å². The van der Waals surface area contributed by atoms with Crippen molar-refractivity contribution in [3.05, 3.63) is 29.6 Å². The first kappa shape index (κ1) is 18.5. The number of ether oxygens (including phenoxy) is 3. The van der Waals surface area contributed by atoms with Crippen molar-refractivity contribution < 1.29 is 23.4 Å². The molecule has 0 aliphatic carbocycles. The Morgan fingerprint density at radius 1 is 1.42 bits per heavy atom. The van der Waals surface area contributed by atoms with E-state index in [9.17, 15) is 9.18 Å². The lowest BCUT2D eigenvalue weighted by molar-refractivity contribution is -0.0419. The first-order valence-corrected chi connectivity index (χ1v) is 8.28. The highest BCUT2D eigenvalue weighted by Crippen LogP contribution is 2.22. The van der Waals surface area contributed by atoms with Crippen LogP contribution in [0.25, 0.3) is 0 Å². The summed E-state index contributed by atoms with van der Waals surface area (Å²) in [5, 5.41) is 0. The molecule has 6 heteroatoms. The van der Waals surface area contributed by atoms with Gasteiger partial charge in [0.2, 0.25) is 0 Å². The summed E-state index contributed by atoms with van der Waals surface area (Å²) >= 11 is 0. The normalized spacial score (nSPS) is 18.4. The van der Waals surface area contributed by atoms with Gasteiger partial charge in [-0.2, -0.15) is 0 Å². The van der Waals surface area contributed by atoms with Crippen molar-refractivity contribution in [3.8, 4) is 5.75 Å². The summed E-state index contributed by atoms with van der Waals surface area (Å²) in [7, 11) is 0. The van der Waals surface area contributed by atoms with E-state index in [1.807, 2.05) is 27.7 Å². The smallest absolute Gasteiger partial charge is 0.410 e. The number of aryl methyl sites for hydroxylation is 1. The Bertz CT molecular complexity index is 571. The fourth-order valence-electron chi connectivity index (χ4n) is 2.49. The molecule has 1 unspecified atom stereocenters. The molecule has 1 heterocycles. The summed E-state index contributed by atoms with van der Waals surface area (Å²) in [6.45, 7) is 9.00. The maximum atomic E-state index is 13.5. The van der Waals surface area contributed by atoms with Gasteiger partial charge in [0, 0.05) is 12.6 Å². The van der Waals surface area contributed by atoms with E-state index < -0.39 is 5.60 Å². The third-order valence-electron chi connectivity index (χ3n) is 3.70. The lowest BCUT2D eigenvalue weighted by Gasteiger charge is -2.36. The molecule has 134 valence electrons. The molecule has 2 rings (SSSR count). The molecular weight excluding hydrogens is 313 g/mol. The number of rotatable bonds is 4. The van der Waals surface area contributed by atoms with Gasteiger partial charge in [0.05, 0.1) is 19.3 Å². The van der Waals surface area contributed by atoms with E-state index in [-0.39, 0.29) is 24.6 Å². The van der Waals surface area contributed by atoms with E-state index in [2.05, 4.69) is 0 Å². The molecule has 1 amide bonds. The van der Waals surface area contributed by atoms with E-state index in [4.69, 9.17) is 14.2 Å². The van der Waals surface area contributed by atoms with Gasteiger partial charge in [-0.15, -0.1) is 0 Å². The summed E-state index contributed by atoms with van der Waals surface area (Å²) in [6, 6.07) is 4.25. The van der Waals surface area contributed by atoms with Crippen LogP contribution in [-0.4, -0.2) is 49.0 Å². The Kier molecular flexibility index (Phi) is 6.04. The maximum absolute atomic E-state index is 13.5. The molecule has 1 saturated heterocycles. The molecule has 0 spiro atoms. The Morgan fingerprint density at radius 3 is 2.83 bits per heavy atom. The first-order valence-electron chi connectivity index (χ1n) is 8.28. The third kappa shape index (κ3) is 5.09. The minimum atomic E-state index is -0.557. The number of nitrogens with zero attached hydrogens (tertiary/aromatic N) is 1. The highest BCUT2D eigenvalue weighted by atomic mass is 19.1. The molecule has 1 aromatic rings. The van der Waals surface area contributed by atoms with Crippen molar-refractivity contribution in [2.24, 2.45) is 0 Å². The second kappa shape index (κ2) is 7.83. The number of carbonyl (C=O) groups is 1. The van der Waals surface area contributed by atoms with Gasteiger partial charge >= 0.3 is 6.09 Å². The zero-order chi connectivity index (χ0) is 17.7. The third-order valence-corrected chi connectivity index (χ3v) is 3.70. The molecule has 1 fully saturated rings. The molecule has 0 N–H and O–H groups in total. The van der Waals surface area contributed by atoms with Gasteiger partial charge in [0.25, 0.3) is 0 Å². The van der Waals surface area contributed by atoms with Gasteiger partial charge in [-0.1, -0.05) is 13.0 Å². The van der Waals surface area contributed by atoms with Crippen molar-refractivity contribution in [1.29, 1.82) is 0 Å². The zero-order valence-electron chi connectivity index (χ0n) is 14.8. The maximum Gasteiger partial charge on any atom is 0.410 e. The average molecular weight is 339 g/mol. The first-order chi connectivity index (χ1) is 11.3. The van der Waals surface area contributed by atoms with Crippen molar-refractivity contribution in [2.45, 2.75) is 45.8 Å². The topological polar surface area (TPSA) is 48.0 Å². The van der Waals surface area contributed by atoms with E-state index in [1.54, 1.807) is 11.0 Å². The summed E-state index contributed by atoms with van der Waals surface area (Å²) in [6.07, 6.45) is 0.362. The van der Waals surface area contributed by atoms with Crippen LogP contribution in [-0.2, 0) is 15.9 Å². The van der Waals surface area contributed by atoms with Crippen molar-refractivity contribution in [2.75, 3.05) is 26.4 Å². The second-order valence-corrected chi connectivity index (χ2v) is 6.82. The summed E-state index contributed by atoms with van der Waals surface area (Å²) in [4.78, 5) is 14.0. The SMILES string of the molecule is CCc1ccc(F)cc1OCC1COCCN1C(=O)OC(C)(C)C. The molecule has 0 saturated carbocycles. The van der Waals surface area contributed by atoms with Crippen molar-refractivity contribution >= 4 is 6.09 Å². The standard InChI is InChI=1S/C18H26FNO4/c1-5-13-6-7-14(19)10-16(13)23-12-15-11-22-9-8-20(15)17(21)24-18(2,3)4/h6-7,10,15H,5,8-9,11-12H2,1-4H3. The fraction of sp³-hybridized carbons (Fsp3) is 0.611. The zero-order valence-corrected chi connectivity index (χ0v) is 14.8. The van der Waals surface area contributed by atoms with E-state index >= 15 is 0 Å². The number of hydrogen-bond acceptors (Lipinski definition) is 4. The number of benzene rings is 1. The predicted octanol–water partition coefficient (Wildman–Crippen LogP) is 3.40. The van der Waals surface area contributed by atoms with Crippen molar-refractivity contribution in [3.63, 3.8) is 0 Å². The molecule has 1 aliphatic rings. The molecule has 1 aromatic carbocycles. The Labute approximate surface area is 142 Å². The van der Waals surface area contributed by atoms with Gasteiger partial charge in [0.15, 0.2) is 0 Å². The number of halogens is 1. The predicted molar refractivity (Wildman–Crippen MR) is 88.8 cm³/mol. The van der Waals surface area contributed by atoms with Crippen LogP contribution >= 0.6 is 0 Å². The number of morpholine rings is 1. The van der Waals surface area contributed by atoms with Gasteiger partial charge in [-0.25, -0.2) is 9.18 Å². The lowest BCUT2D eigenvalue weighted by Crippen LogP contribution is -2.52. The van der Waals surface area contributed by atoms with Gasteiger partial charge in [-0.05, 0) is 38.8 Å². The molecule has 1 aliphatic heterocycles. The molecule has 24 heavy (non-hydrogen) atoms. The molecule has 0 aromatic heterocycles. The Balaban J connectivity index is 2.04. The molecule has 5 nitrogen and oxygen atoms in total. The molecule has 0 radical (unpaired) electrons. The van der Waals surface area contributed by atoms with E-state index in [1.165, 1.54) is 12.1 Å². The Hall–Kier alpha value is -1.82. The monoisotopic (exact) mass is 339 g/mol. The van der Waals surface area contributed by atoms with Crippen LogP contribution in [0.3, 0.4) is 0 Å². The molecule has 0 bridgehead atoms. The van der Waals surface area contributed by atoms with Gasteiger partial charge < -0.3 is 14.2 Å². The highest BCUT2D eigenvalue weighted by Gasteiger charge is 2.31. The highest BCUT2D eigenvalue weighted by molar-refractivity contribution is 5.68. The van der Waals surface area contributed by atoms with Crippen LogP contribution in [0.1, 0.15) is 33.3 Å². The fourth-order valence-corrected chi connectivity index (χ4v) is 2.49. The van der Waals surface area contributed by atoms with Crippen LogP contribution in [0, 0.1) is 5.82 Å². The summed E-state index contributed by atoms with van der Waals surface area (Å²) in [5.74, 6) is 0.165. The second-order valence-electron chi connectivity index (χ2n) is 6.82. The molecular formula is C18H26FNO4. The van der Waals surface area contributed by atoms with Crippen LogP contribution < -0.4 is 4.74 Å². The Morgan fingerprint density at radius 2 is 2.17 bits per heavy atom. The number of hydrogen-bond donors (Lipinski definition) is 0. The summed E-state index contributed by atoms with van der Waals surface area (Å²) < 4.78 is 30.1. The number of amides is 1. The minimum absolute atomic E-state index is 0.232. The number of carbonyl (C=O) groups excluding carboxylic acids is 1. The van der Waals surface area contributed by atoms with Gasteiger partial charge in [-0.3, -0.25) is 4.90 Å². The molecule has 1 atom stereocenters. The quantitative estimate of drug-likeness (QED) is 0.843. The minimum Gasteiger partial charge on any atom is -0.491 e. The van der Waals surface area contributed by atoms with Crippen LogP contribution in [0.5, 0.6) is 5.75 Å².